The van der Waals surface area contributed by atoms with Crippen LogP contribution in [0.5, 0.6) is 0 Å². The fourth-order valence-electron chi connectivity index (χ4n) is 11.1. The standard InChI is InChI=1S/C60H41NO/c1-38-25-33-49-47-17-7-9-22-53(47)60(55(49)35-38)54-23-10-8-18-48(54)50-34-29-43(37-56(50)60)40-26-30-44(31-27-40)61(45-32-28-39-13-5-6-16-42(39)36-45)57-24-12-21-52-51-20-11-19-46(58(51)62-59(52)57)41-14-3-2-4-15-41/h2-34,36-38H,35H2,1H3. The fraction of sp³-hybridized carbons (Fsp3) is 0.0667. The lowest BCUT2D eigenvalue weighted by Gasteiger charge is -2.34. The second-order valence-electron chi connectivity index (χ2n) is 17.3. The third kappa shape index (κ3) is 4.98. The van der Waals surface area contributed by atoms with Crippen LogP contribution >= 0.6 is 0 Å². The summed E-state index contributed by atoms with van der Waals surface area (Å²) in [5.41, 5.74) is 20.4. The van der Waals surface area contributed by atoms with E-state index in [1.807, 2.05) is 0 Å². The zero-order chi connectivity index (χ0) is 40.9. The van der Waals surface area contributed by atoms with Gasteiger partial charge in [-0.1, -0.05) is 183 Å². The lowest BCUT2D eigenvalue weighted by molar-refractivity contribution is 0.630. The van der Waals surface area contributed by atoms with Crippen molar-refractivity contribution in [3.8, 4) is 33.4 Å². The van der Waals surface area contributed by atoms with Crippen molar-refractivity contribution in [3.05, 3.63) is 240 Å². The number of fused-ring (bicyclic) bond motifs is 13. The molecule has 0 aliphatic heterocycles. The number of hydrogen-bond acceptors (Lipinski definition) is 2. The van der Waals surface area contributed by atoms with Crippen molar-refractivity contribution in [1.29, 1.82) is 0 Å². The van der Waals surface area contributed by atoms with Gasteiger partial charge in [-0.05, 0) is 121 Å². The summed E-state index contributed by atoms with van der Waals surface area (Å²) in [5, 5.41) is 4.61. The molecule has 2 atom stereocenters. The molecule has 1 aromatic heterocycles. The normalized spacial score (nSPS) is 17.1. The first-order valence-corrected chi connectivity index (χ1v) is 21.8. The van der Waals surface area contributed by atoms with E-state index in [1.165, 1.54) is 66.4 Å². The Balaban J connectivity index is 0.972. The first kappa shape index (κ1) is 35.1. The van der Waals surface area contributed by atoms with Gasteiger partial charge in [-0.15, -0.1) is 0 Å². The first-order chi connectivity index (χ1) is 30.6. The Kier molecular flexibility index (Phi) is 7.60. The zero-order valence-electron chi connectivity index (χ0n) is 34.3. The van der Waals surface area contributed by atoms with Gasteiger partial charge in [0.25, 0.3) is 0 Å². The van der Waals surface area contributed by atoms with Crippen molar-refractivity contribution < 1.29 is 4.42 Å². The van der Waals surface area contributed by atoms with E-state index in [-0.39, 0.29) is 5.41 Å². The van der Waals surface area contributed by atoms with E-state index >= 15 is 0 Å². The van der Waals surface area contributed by atoms with Crippen LogP contribution in [0.4, 0.5) is 17.1 Å². The predicted molar refractivity (Wildman–Crippen MR) is 258 cm³/mol. The Morgan fingerprint density at radius 2 is 1.11 bits per heavy atom. The molecular weight excluding hydrogens is 751 g/mol. The van der Waals surface area contributed by atoms with E-state index in [9.17, 15) is 0 Å². The number of anilines is 3. The summed E-state index contributed by atoms with van der Waals surface area (Å²) in [7, 11) is 0. The van der Waals surface area contributed by atoms with Gasteiger partial charge in [0.05, 0.1) is 11.1 Å². The molecule has 1 heterocycles. The minimum absolute atomic E-state index is 0.314. The molecule has 292 valence electrons. The van der Waals surface area contributed by atoms with Crippen LogP contribution in [-0.2, 0) is 5.41 Å². The van der Waals surface area contributed by atoms with Crippen molar-refractivity contribution in [3.63, 3.8) is 0 Å². The van der Waals surface area contributed by atoms with Crippen LogP contribution in [0.1, 0.15) is 35.6 Å². The Hall–Kier alpha value is -7.68. The summed E-state index contributed by atoms with van der Waals surface area (Å²) >= 11 is 0. The highest BCUT2D eigenvalue weighted by Crippen LogP contribution is 2.64. The van der Waals surface area contributed by atoms with Crippen LogP contribution in [0.2, 0.25) is 0 Å². The number of allylic oxidation sites excluding steroid dienone is 4. The summed E-state index contributed by atoms with van der Waals surface area (Å²) in [4.78, 5) is 2.36. The zero-order valence-corrected chi connectivity index (χ0v) is 34.3. The van der Waals surface area contributed by atoms with Gasteiger partial charge in [0.2, 0.25) is 0 Å². The van der Waals surface area contributed by atoms with Crippen molar-refractivity contribution >= 4 is 55.3 Å². The number of furan rings is 1. The van der Waals surface area contributed by atoms with Gasteiger partial charge >= 0.3 is 0 Å². The van der Waals surface area contributed by atoms with Gasteiger partial charge in [0.1, 0.15) is 5.58 Å². The Morgan fingerprint density at radius 3 is 1.95 bits per heavy atom. The molecule has 10 aromatic rings. The van der Waals surface area contributed by atoms with E-state index in [0.717, 1.165) is 56.5 Å². The number of hydrogen-bond donors (Lipinski definition) is 0. The minimum Gasteiger partial charge on any atom is -0.453 e. The van der Waals surface area contributed by atoms with Crippen molar-refractivity contribution in [2.45, 2.75) is 18.8 Å². The van der Waals surface area contributed by atoms with E-state index in [1.54, 1.807) is 0 Å². The molecule has 62 heavy (non-hydrogen) atoms. The predicted octanol–water partition coefficient (Wildman–Crippen LogP) is 16.2. The SMILES string of the molecule is CC1C=CC2=C(C1)C1(c3ccccc32)c2ccccc2-c2ccc(-c3ccc(N(c4ccc5ccccc5c4)c4cccc5c4oc4c(-c6ccccc6)cccc45)cc3)cc21. The maximum atomic E-state index is 7.01. The van der Waals surface area contributed by atoms with Crippen LogP contribution in [0.15, 0.2) is 222 Å². The molecule has 0 saturated carbocycles. The van der Waals surface area contributed by atoms with Crippen molar-refractivity contribution in [2.24, 2.45) is 5.92 Å². The fourth-order valence-corrected chi connectivity index (χ4v) is 11.1. The molecule has 0 bridgehead atoms. The Labute approximate surface area is 361 Å². The van der Waals surface area contributed by atoms with Crippen molar-refractivity contribution in [2.75, 3.05) is 4.90 Å². The average Bonchev–Trinajstić information content (AvgIpc) is 3.96. The second kappa shape index (κ2) is 13.4. The molecule has 9 aromatic carbocycles. The molecule has 0 fully saturated rings. The Morgan fingerprint density at radius 1 is 0.468 bits per heavy atom. The molecule has 0 saturated heterocycles. The highest BCUT2D eigenvalue weighted by Gasteiger charge is 2.53. The molecule has 2 unspecified atom stereocenters. The molecule has 3 aliphatic carbocycles. The molecule has 3 aliphatic rings. The summed E-state index contributed by atoms with van der Waals surface area (Å²) in [6, 6.07) is 73.5. The lowest BCUT2D eigenvalue weighted by Crippen LogP contribution is -2.28. The van der Waals surface area contributed by atoms with E-state index in [0.29, 0.717) is 5.92 Å². The average molecular weight is 792 g/mol. The van der Waals surface area contributed by atoms with E-state index in [4.69, 9.17) is 4.42 Å². The molecule has 1 spiro atoms. The van der Waals surface area contributed by atoms with Gasteiger partial charge in [-0.3, -0.25) is 0 Å². The molecule has 0 amide bonds. The van der Waals surface area contributed by atoms with Crippen LogP contribution in [0, 0.1) is 5.92 Å². The highest BCUT2D eigenvalue weighted by molar-refractivity contribution is 6.13. The number of benzene rings is 9. The second-order valence-corrected chi connectivity index (χ2v) is 17.3. The molecule has 0 radical (unpaired) electrons. The van der Waals surface area contributed by atoms with E-state index in [2.05, 4.69) is 224 Å². The van der Waals surface area contributed by atoms with Crippen LogP contribution in [0.25, 0.3) is 71.7 Å². The number of nitrogens with zero attached hydrogens (tertiary/aromatic N) is 1. The van der Waals surface area contributed by atoms with Gasteiger partial charge < -0.3 is 9.32 Å². The lowest BCUT2D eigenvalue weighted by atomic mass is 9.67. The van der Waals surface area contributed by atoms with Crippen LogP contribution in [0.3, 0.4) is 0 Å². The van der Waals surface area contributed by atoms with Crippen LogP contribution in [-0.4, -0.2) is 0 Å². The molecular formula is C60H41NO. The first-order valence-electron chi connectivity index (χ1n) is 21.8. The van der Waals surface area contributed by atoms with Crippen LogP contribution < -0.4 is 4.90 Å². The molecule has 2 heteroatoms. The topological polar surface area (TPSA) is 16.4 Å². The summed E-state index contributed by atoms with van der Waals surface area (Å²) in [6.07, 6.45) is 5.84. The molecule has 2 nitrogen and oxygen atoms in total. The molecule has 0 N–H and O–H groups in total. The third-order valence-corrected chi connectivity index (χ3v) is 13.8. The monoisotopic (exact) mass is 791 g/mol. The molecule has 13 rings (SSSR count). The van der Waals surface area contributed by atoms with Crippen molar-refractivity contribution in [1.82, 2.24) is 0 Å². The number of para-hydroxylation sites is 2. The van der Waals surface area contributed by atoms with Gasteiger partial charge in [0.15, 0.2) is 5.58 Å². The van der Waals surface area contributed by atoms with Gasteiger partial charge in [0, 0.05) is 27.7 Å². The number of rotatable bonds is 5. The summed E-state index contributed by atoms with van der Waals surface area (Å²) in [6.45, 7) is 2.36. The van der Waals surface area contributed by atoms with Gasteiger partial charge in [-0.2, -0.15) is 0 Å². The smallest absolute Gasteiger partial charge is 0.159 e. The van der Waals surface area contributed by atoms with E-state index < -0.39 is 0 Å². The maximum Gasteiger partial charge on any atom is 0.159 e. The Bertz CT molecular complexity index is 3510. The third-order valence-electron chi connectivity index (χ3n) is 13.8. The van der Waals surface area contributed by atoms with Gasteiger partial charge in [-0.25, -0.2) is 0 Å². The quantitative estimate of drug-likeness (QED) is 0.173. The highest BCUT2D eigenvalue weighted by atomic mass is 16.3. The minimum atomic E-state index is -0.314. The summed E-state index contributed by atoms with van der Waals surface area (Å²) < 4.78 is 7.01. The maximum absolute atomic E-state index is 7.01. The summed E-state index contributed by atoms with van der Waals surface area (Å²) in [5.74, 6) is 0.480. The largest absolute Gasteiger partial charge is 0.453 e.